The van der Waals surface area contributed by atoms with Crippen LogP contribution in [0, 0.1) is 12.3 Å². The van der Waals surface area contributed by atoms with Crippen LogP contribution in [0.2, 0.25) is 0 Å². The monoisotopic (exact) mass is 273 g/mol. The number of rotatable bonds is 4. The Morgan fingerprint density at radius 3 is 3.10 bits per heavy atom. The number of terminal acetylenes is 1. The van der Waals surface area contributed by atoms with Gasteiger partial charge in [-0.25, -0.2) is 15.0 Å². The van der Waals surface area contributed by atoms with E-state index in [2.05, 4.69) is 26.2 Å². The Balaban J connectivity index is 1.92. The van der Waals surface area contributed by atoms with Crippen LogP contribution < -0.4 is 5.32 Å². The Bertz CT molecular complexity index is 648. The maximum atomic E-state index is 9.13. The first kappa shape index (κ1) is 12.8. The normalized spacial score (nSPS) is 22.0. The van der Waals surface area contributed by atoms with Crippen LogP contribution in [-0.4, -0.2) is 43.9 Å². The second-order valence-corrected chi connectivity index (χ2v) is 4.58. The van der Waals surface area contributed by atoms with E-state index in [4.69, 9.17) is 16.3 Å². The highest BCUT2D eigenvalue weighted by Gasteiger charge is 2.27. The Kier molecular flexibility index (Phi) is 3.50. The summed E-state index contributed by atoms with van der Waals surface area (Å²) < 4.78 is 7.61. The minimum Gasteiger partial charge on any atom is -0.394 e. The fraction of sp³-hybridized carbons (Fsp3) is 0.462. The van der Waals surface area contributed by atoms with Gasteiger partial charge in [0.25, 0.3) is 0 Å². The average molecular weight is 273 g/mol. The summed E-state index contributed by atoms with van der Waals surface area (Å²) in [5.74, 6) is 3.11. The van der Waals surface area contributed by atoms with E-state index in [-0.39, 0.29) is 18.9 Å². The van der Waals surface area contributed by atoms with Gasteiger partial charge in [0.05, 0.1) is 25.6 Å². The van der Waals surface area contributed by atoms with E-state index in [9.17, 15) is 0 Å². The zero-order chi connectivity index (χ0) is 13.9. The molecule has 0 aliphatic carbocycles. The van der Waals surface area contributed by atoms with Crippen molar-refractivity contribution < 1.29 is 9.84 Å². The second-order valence-electron chi connectivity index (χ2n) is 4.58. The number of hydrogen-bond acceptors (Lipinski definition) is 6. The van der Waals surface area contributed by atoms with Crippen molar-refractivity contribution in [1.29, 1.82) is 0 Å². The summed E-state index contributed by atoms with van der Waals surface area (Å²) >= 11 is 0. The molecule has 2 aromatic heterocycles. The van der Waals surface area contributed by atoms with E-state index in [1.165, 1.54) is 6.33 Å². The number of anilines is 1. The molecule has 2 unspecified atom stereocenters. The van der Waals surface area contributed by atoms with Crippen molar-refractivity contribution in [3.8, 4) is 12.3 Å². The molecule has 2 N–H and O–H groups in total. The maximum absolute atomic E-state index is 9.13. The summed E-state index contributed by atoms with van der Waals surface area (Å²) in [5.41, 5.74) is 1.36. The molecule has 2 atom stereocenters. The van der Waals surface area contributed by atoms with E-state index < -0.39 is 0 Å². The Hall–Kier alpha value is -2.17. The average Bonchev–Trinajstić information content (AvgIpc) is 3.10. The zero-order valence-electron chi connectivity index (χ0n) is 10.9. The van der Waals surface area contributed by atoms with Crippen LogP contribution in [0.25, 0.3) is 11.2 Å². The Morgan fingerprint density at radius 1 is 1.45 bits per heavy atom. The quantitative estimate of drug-likeness (QED) is 0.791. The predicted molar refractivity (Wildman–Crippen MR) is 72.9 cm³/mol. The van der Waals surface area contributed by atoms with Gasteiger partial charge in [-0.05, 0) is 12.8 Å². The van der Waals surface area contributed by atoms with Gasteiger partial charge in [0.1, 0.15) is 12.6 Å². The van der Waals surface area contributed by atoms with Crippen molar-refractivity contribution in [2.24, 2.45) is 0 Å². The molecule has 7 nitrogen and oxygen atoms in total. The lowest BCUT2D eigenvalue weighted by Gasteiger charge is -2.13. The van der Waals surface area contributed by atoms with Gasteiger partial charge in [-0.15, -0.1) is 6.42 Å². The van der Waals surface area contributed by atoms with Crippen LogP contribution >= 0.6 is 0 Å². The largest absolute Gasteiger partial charge is 0.394 e. The van der Waals surface area contributed by atoms with Crippen LogP contribution in [0.3, 0.4) is 0 Å². The highest BCUT2D eigenvalue weighted by molar-refractivity contribution is 5.82. The van der Waals surface area contributed by atoms with E-state index in [0.717, 1.165) is 12.8 Å². The van der Waals surface area contributed by atoms with Gasteiger partial charge in [-0.3, -0.25) is 4.57 Å². The number of imidazole rings is 1. The summed E-state index contributed by atoms with van der Waals surface area (Å²) in [7, 11) is 0. The number of aliphatic hydroxyl groups is 1. The molecule has 1 fully saturated rings. The van der Waals surface area contributed by atoms with Gasteiger partial charge in [0.2, 0.25) is 0 Å². The van der Waals surface area contributed by atoms with Gasteiger partial charge in [0.15, 0.2) is 17.0 Å². The van der Waals surface area contributed by atoms with E-state index >= 15 is 0 Å². The van der Waals surface area contributed by atoms with Crippen molar-refractivity contribution in [3.05, 3.63) is 12.7 Å². The zero-order valence-corrected chi connectivity index (χ0v) is 10.9. The first-order chi connectivity index (χ1) is 9.83. The standard InChI is InChI=1S/C13H15N5O2/c1-2-5-14-12-11-13(16-7-15-12)18(8-17-11)10-4-3-9(6-19)20-10/h1,7-10,19H,3-6H2,(H,14,15,16). The van der Waals surface area contributed by atoms with E-state index in [0.29, 0.717) is 23.5 Å². The van der Waals surface area contributed by atoms with Gasteiger partial charge in [0, 0.05) is 0 Å². The lowest BCUT2D eigenvalue weighted by molar-refractivity contribution is -0.0207. The molecule has 0 aromatic carbocycles. The number of aromatic nitrogens is 4. The minimum atomic E-state index is -0.146. The second kappa shape index (κ2) is 5.45. The molecule has 0 saturated carbocycles. The van der Waals surface area contributed by atoms with Crippen molar-refractivity contribution >= 4 is 17.0 Å². The summed E-state index contributed by atoms with van der Waals surface area (Å²) in [6.07, 6.45) is 9.78. The molecule has 1 aliphatic rings. The van der Waals surface area contributed by atoms with Gasteiger partial charge in [-0.2, -0.15) is 0 Å². The molecule has 104 valence electrons. The number of fused-ring (bicyclic) bond motifs is 1. The fourth-order valence-corrected chi connectivity index (χ4v) is 2.35. The van der Waals surface area contributed by atoms with Gasteiger partial charge < -0.3 is 15.2 Å². The molecule has 3 rings (SSSR count). The molecule has 0 radical (unpaired) electrons. The molecule has 1 saturated heterocycles. The summed E-state index contributed by atoms with van der Waals surface area (Å²) in [4.78, 5) is 12.7. The Morgan fingerprint density at radius 2 is 2.35 bits per heavy atom. The molecular weight excluding hydrogens is 258 g/mol. The number of nitrogens with one attached hydrogen (secondary N) is 1. The van der Waals surface area contributed by atoms with Crippen LogP contribution in [-0.2, 0) is 4.74 Å². The molecule has 1 aliphatic heterocycles. The molecule has 0 bridgehead atoms. The van der Waals surface area contributed by atoms with Crippen molar-refractivity contribution in [2.45, 2.75) is 25.2 Å². The molecular formula is C13H15N5O2. The minimum absolute atomic E-state index is 0.0348. The molecule has 20 heavy (non-hydrogen) atoms. The summed E-state index contributed by atoms with van der Waals surface area (Å²) in [6.45, 7) is 0.415. The molecule has 7 heteroatoms. The third kappa shape index (κ3) is 2.19. The van der Waals surface area contributed by atoms with Crippen molar-refractivity contribution in [3.63, 3.8) is 0 Å². The maximum Gasteiger partial charge on any atom is 0.167 e. The first-order valence-corrected chi connectivity index (χ1v) is 6.44. The van der Waals surface area contributed by atoms with Crippen LogP contribution in [0.1, 0.15) is 19.1 Å². The highest BCUT2D eigenvalue weighted by atomic mass is 16.5. The third-order valence-electron chi connectivity index (χ3n) is 3.32. The molecule has 0 amide bonds. The van der Waals surface area contributed by atoms with E-state index in [1.54, 1.807) is 6.33 Å². The van der Waals surface area contributed by atoms with Gasteiger partial charge in [-0.1, -0.05) is 5.92 Å². The number of ether oxygens (including phenoxy) is 1. The molecule has 0 spiro atoms. The fourth-order valence-electron chi connectivity index (χ4n) is 2.35. The summed E-state index contributed by atoms with van der Waals surface area (Å²) in [6, 6.07) is 0. The first-order valence-electron chi connectivity index (χ1n) is 6.44. The number of nitrogens with zero attached hydrogens (tertiary/aromatic N) is 4. The molecule has 2 aromatic rings. The topological polar surface area (TPSA) is 85.1 Å². The van der Waals surface area contributed by atoms with E-state index in [1.807, 2.05) is 4.57 Å². The lowest BCUT2D eigenvalue weighted by atomic mass is 10.2. The highest BCUT2D eigenvalue weighted by Crippen LogP contribution is 2.30. The smallest absolute Gasteiger partial charge is 0.167 e. The van der Waals surface area contributed by atoms with Crippen LogP contribution in [0.5, 0.6) is 0 Å². The summed E-state index contributed by atoms with van der Waals surface area (Å²) in [5, 5.41) is 12.1. The van der Waals surface area contributed by atoms with Gasteiger partial charge >= 0.3 is 0 Å². The number of aliphatic hydroxyl groups excluding tert-OH is 1. The van der Waals surface area contributed by atoms with Crippen molar-refractivity contribution in [1.82, 2.24) is 19.5 Å². The van der Waals surface area contributed by atoms with Crippen LogP contribution in [0.4, 0.5) is 5.82 Å². The Labute approximate surface area is 116 Å². The third-order valence-corrected chi connectivity index (χ3v) is 3.32. The predicted octanol–water partition coefficient (Wildman–Crippen LogP) is 0.541. The van der Waals surface area contributed by atoms with Crippen molar-refractivity contribution in [2.75, 3.05) is 18.5 Å². The lowest BCUT2D eigenvalue weighted by Crippen LogP contribution is -2.14. The van der Waals surface area contributed by atoms with Crippen LogP contribution in [0.15, 0.2) is 12.7 Å². The SMILES string of the molecule is C#CCNc1ncnc2c1ncn2C1CCC(CO)O1. The number of hydrogen-bond donors (Lipinski definition) is 2. The molecule has 3 heterocycles.